The zero-order chi connectivity index (χ0) is 13.3. The average molecular weight is 332 g/mol. The summed E-state index contributed by atoms with van der Waals surface area (Å²) in [4.78, 5) is 15.0. The van der Waals surface area contributed by atoms with Crippen LogP contribution in [0.5, 0.6) is 0 Å². The lowest BCUT2D eigenvalue weighted by Crippen LogP contribution is -2.39. The number of primary amides is 1. The van der Waals surface area contributed by atoms with Gasteiger partial charge in [-0.3, -0.25) is 9.69 Å². The van der Waals surface area contributed by atoms with E-state index in [0.717, 1.165) is 17.4 Å². The first kappa shape index (κ1) is 14.0. The van der Waals surface area contributed by atoms with Crippen molar-refractivity contribution in [2.24, 2.45) is 16.9 Å². The second-order valence-corrected chi connectivity index (χ2v) is 6.92. The number of halogens is 1. The molecule has 1 aromatic heterocycles. The summed E-state index contributed by atoms with van der Waals surface area (Å²) in [5, 5.41) is 2.06. The zero-order valence-corrected chi connectivity index (χ0v) is 12.8. The Kier molecular flexibility index (Phi) is 4.11. The number of hydrogen-bond acceptors (Lipinski definition) is 4. The predicted molar refractivity (Wildman–Crippen MR) is 77.3 cm³/mol. The van der Waals surface area contributed by atoms with Gasteiger partial charge in [0.05, 0.1) is 11.5 Å². The molecule has 2 heterocycles. The standard InChI is InChI=1S/C12H18BrN3OS/c1-12(11(15)17)2-3-16(7-12)9(5-14)10-4-8(13)6-18-10/h4,6,9H,2-3,5,7,14H2,1H3,(H2,15,17). The van der Waals surface area contributed by atoms with Crippen molar-refractivity contribution < 1.29 is 4.79 Å². The van der Waals surface area contributed by atoms with Crippen LogP contribution in [0.1, 0.15) is 24.3 Å². The van der Waals surface area contributed by atoms with Gasteiger partial charge in [-0.1, -0.05) is 0 Å². The number of carbonyl (C=O) groups is 1. The van der Waals surface area contributed by atoms with Crippen LogP contribution in [0.2, 0.25) is 0 Å². The molecule has 1 fully saturated rings. The van der Waals surface area contributed by atoms with Crippen LogP contribution in [0.25, 0.3) is 0 Å². The van der Waals surface area contributed by atoms with E-state index in [4.69, 9.17) is 11.5 Å². The molecule has 4 nitrogen and oxygen atoms in total. The number of nitrogens with zero attached hydrogens (tertiary/aromatic N) is 1. The van der Waals surface area contributed by atoms with Gasteiger partial charge >= 0.3 is 0 Å². The minimum Gasteiger partial charge on any atom is -0.369 e. The van der Waals surface area contributed by atoms with E-state index in [1.54, 1.807) is 11.3 Å². The lowest BCUT2D eigenvalue weighted by atomic mass is 9.89. The van der Waals surface area contributed by atoms with E-state index in [9.17, 15) is 4.79 Å². The van der Waals surface area contributed by atoms with Crippen molar-refractivity contribution in [2.75, 3.05) is 19.6 Å². The van der Waals surface area contributed by atoms with Gasteiger partial charge in [-0.25, -0.2) is 0 Å². The summed E-state index contributed by atoms with van der Waals surface area (Å²) in [6.07, 6.45) is 0.811. The molecule has 0 aromatic carbocycles. The van der Waals surface area contributed by atoms with Gasteiger partial charge in [0.1, 0.15) is 0 Å². The number of thiophene rings is 1. The SMILES string of the molecule is CC1(C(N)=O)CCN(C(CN)c2cc(Br)cs2)C1. The maximum Gasteiger partial charge on any atom is 0.224 e. The fourth-order valence-corrected chi connectivity index (χ4v) is 4.00. The lowest BCUT2D eigenvalue weighted by molar-refractivity contribution is -0.126. The number of carbonyl (C=O) groups excluding carboxylic acids is 1. The summed E-state index contributed by atoms with van der Waals surface area (Å²) in [6, 6.07) is 2.28. The van der Waals surface area contributed by atoms with Crippen molar-refractivity contribution in [3.63, 3.8) is 0 Å². The van der Waals surface area contributed by atoms with E-state index in [1.807, 2.05) is 6.92 Å². The highest BCUT2D eigenvalue weighted by atomic mass is 79.9. The molecule has 1 saturated heterocycles. The predicted octanol–water partition coefficient (Wildman–Crippen LogP) is 1.71. The highest BCUT2D eigenvalue weighted by molar-refractivity contribution is 9.10. The highest BCUT2D eigenvalue weighted by Crippen LogP contribution is 2.37. The van der Waals surface area contributed by atoms with Crippen LogP contribution < -0.4 is 11.5 Å². The van der Waals surface area contributed by atoms with Crippen LogP contribution in [0.4, 0.5) is 0 Å². The van der Waals surface area contributed by atoms with E-state index in [0.29, 0.717) is 13.1 Å². The Balaban J connectivity index is 2.14. The normalized spacial score (nSPS) is 26.4. The van der Waals surface area contributed by atoms with Crippen molar-refractivity contribution in [3.05, 3.63) is 20.8 Å². The van der Waals surface area contributed by atoms with Crippen LogP contribution in [-0.4, -0.2) is 30.4 Å². The fraction of sp³-hybridized carbons (Fsp3) is 0.583. The molecular weight excluding hydrogens is 314 g/mol. The van der Waals surface area contributed by atoms with Crippen molar-refractivity contribution in [1.82, 2.24) is 4.90 Å². The van der Waals surface area contributed by atoms with Crippen molar-refractivity contribution in [2.45, 2.75) is 19.4 Å². The summed E-state index contributed by atoms with van der Waals surface area (Å²) in [7, 11) is 0. The largest absolute Gasteiger partial charge is 0.369 e. The Morgan fingerprint density at radius 2 is 2.44 bits per heavy atom. The Hall–Kier alpha value is -0.430. The van der Waals surface area contributed by atoms with E-state index in [1.165, 1.54) is 4.88 Å². The van der Waals surface area contributed by atoms with Gasteiger partial charge in [-0.15, -0.1) is 11.3 Å². The molecule has 4 N–H and O–H groups in total. The molecule has 6 heteroatoms. The minimum absolute atomic E-state index is 0.183. The van der Waals surface area contributed by atoms with Gasteiger partial charge in [0, 0.05) is 27.8 Å². The third kappa shape index (κ3) is 2.61. The molecule has 1 aliphatic rings. The molecule has 2 rings (SSSR count). The van der Waals surface area contributed by atoms with Gasteiger partial charge in [0.15, 0.2) is 0 Å². The van der Waals surface area contributed by atoms with Crippen molar-refractivity contribution >= 4 is 33.2 Å². The van der Waals surface area contributed by atoms with Crippen LogP contribution >= 0.6 is 27.3 Å². The Bertz CT molecular complexity index is 450. The summed E-state index contributed by atoms with van der Waals surface area (Å²) < 4.78 is 1.08. The van der Waals surface area contributed by atoms with Crippen molar-refractivity contribution in [1.29, 1.82) is 0 Å². The van der Waals surface area contributed by atoms with Crippen LogP contribution in [0, 0.1) is 5.41 Å². The lowest BCUT2D eigenvalue weighted by Gasteiger charge is -2.27. The highest BCUT2D eigenvalue weighted by Gasteiger charge is 2.41. The third-order valence-corrected chi connectivity index (χ3v) is 5.47. The molecule has 0 bridgehead atoms. The molecule has 1 aromatic rings. The van der Waals surface area contributed by atoms with Crippen LogP contribution in [-0.2, 0) is 4.79 Å². The maximum atomic E-state index is 11.5. The molecule has 0 spiro atoms. The van der Waals surface area contributed by atoms with Gasteiger partial charge in [0.25, 0.3) is 0 Å². The van der Waals surface area contributed by atoms with Crippen LogP contribution in [0.3, 0.4) is 0 Å². The summed E-state index contributed by atoms with van der Waals surface area (Å²) in [6.45, 7) is 4.06. The molecule has 2 atom stereocenters. The number of hydrogen-bond donors (Lipinski definition) is 2. The molecule has 2 unspecified atom stereocenters. The number of likely N-dealkylation sites (tertiary alicyclic amines) is 1. The monoisotopic (exact) mass is 331 g/mol. The summed E-state index contributed by atoms with van der Waals surface area (Å²) in [5.74, 6) is -0.215. The minimum atomic E-state index is -0.415. The number of rotatable bonds is 4. The smallest absolute Gasteiger partial charge is 0.224 e. The Morgan fingerprint density at radius 1 is 1.72 bits per heavy atom. The summed E-state index contributed by atoms with van der Waals surface area (Å²) >= 11 is 5.15. The molecular formula is C12H18BrN3OS. The van der Waals surface area contributed by atoms with Gasteiger partial charge in [0.2, 0.25) is 5.91 Å². The molecule has 0 radical (unpaired) electrons. The number of nitrogens with two attached hydrogens (primary N) is 2. The quantitative estimate of drug-likeness (QED) is 0.882. The fourth-order valence-electron chi connectivity index (χ4n) is 2.41. The second-order valence-electron chi connectivity index (χ2n) is 5.06. The average Bonchev–Trinajstić information content (AvgIpc) is 2.89. The Labute approximate surface area is 119 Å². The van der Waals surface area contributed by atoms with Crippen molar-refractivity contribution in [3.8, 4) is 0 Å². The first-order valence-corrected chi connectivity index (χ1v) is 7.61. The molecule has 0 saturated carbocycles. The van der Waals surface area contributed by atoms with E-state index in [2.05, 4.69) is 32.3 Å². The topological polar surface area (TPSA) is 72.4 Å². The molecule has 100 valence electrons. The van der Waals surface area contributed by atoms with Gasteiger partial charge in [-0.05, 0) is 41.9 Å². The van der Waals surface area contributed by atoms with Crippen LogP contribution in [0.15, 0.2) is 15.9 Å². The Morgan fingerprint density at radius 3 is 2.89 bits per heavy atom. The van der Waals surface area contributed by atoms with E-state index < -0.39 is 5.41 Å². The molecule has 1 aliphatic heterocycles. The third-order valence-electron chi connectivity index (χ3n) is 3.68. The van der Waals surface area contributed by atoms with Gasteiger partial charge < -0.3 is 11.5 Å². The van der Waals surface area contributed by atoms with E-state index >= 15 is 0 Å². The zero-order valence-electron chi connectivity index (χ0n) is 10.4. The molecule has 1 amide bonds. The van der Waals surface area contributed by atoms with E-state index in [-0.39, 0.29) is 11.9 Å². The number of amides is 1. The first-order chi connectivity index (χ1) is 8.46. The first-order valence-electron chi connectivity index (χ1n) is 5.94. The molecule has 18 heavy (non-hydrogen) atoms. The second kappa shape index (κ2) is 5.28. The maximum absolute atomic E-state index is 11.5. The summed E-state index contributed by atoms with van der Waals surface area (Å²) in [5.41, 5.74) is 11.0. The molecule has 0 aliphatic carbocycles. The van der Waals surface area contributed by atoms with Gasteiger partial charge in [-0.2, -0.15) is 0 Å².